The molecule has 0 atom stereocenters. The molecule has 1 saturated carbocycles. The van der Waals surface area contributed by atoms with Gasteiger partial charge in [-0.25, -0.2) is 4.98 Å². The fraction of sp³-hybridized carbons (Fsp3) is 0.421. The van der Waals surface area contributed by atoms with Crippen molar-refractivity contribution >= 4 is 27.7 Å². The molecule has 2 aromatic rings. The molecule has 0 unspecified atom stereocenters. The number of aromatic nitrogens is 2. The van der Waals surface area contributed by atoms with Gasteiger partial charge in [0.05, 0.1) is 18.4 Å². The zero-order valence-electron chi connectivity index (χ0n) is 15.2. The lowest BCUT2D eigenvalue weighted by Crippen LogP contribution is -2.15. The molecule has 0 aliphatic heterocycles. The second-order valence-corrected chi connectivity index (χ2v) is 7.80. The van der Waals surface area contributed by atoms with Gasteiger partial charge in [-0.15, -0.1) is 0 Å². The molecule has 1 N–H and O–H groups in total. The van der Waals surface area contributed by atoms with E-state index in [4.69, 9.17) is 9.47 Å². The van der Waals surface area contributed by atoms with Gasteiger partial charge in [-0.2, -0.15) is 5.26 Å². The molecule has 1 aliphatic carbocycles. The van der Waals surface area contributed by atoms with E-state index in [0.29, 0.717) is 39.0 Å². The third kappa shape index (κ3) is 4.30. The van der Waals surface area contributed by atoms with Crippen LogP contribution in [0.1, 0.15) is 38.2 Å². The van der Waals surface area contributed by atoms with Crippen molar-refractivity contribution in [1.29, 1.82) is 5.26 Å². The Labute approximate surface area is 170 Å². The van der Waals surface area contributed by atoms with E-state index in [1.807, 2.05) is 25.3 Å². The van der Waals surface area contributed by atoms with Crippen LogP contribution in [0.25, 0.3) is 11.3 Å². The second kappa shape index (κ2) is 8.81. The number of hydrogen-bond acceptors (Lipinski definition) is 6. The molecule has 1 aromatic heterocycles. The lowest BCUT2D eigenvalue weighted by Gasteiger charge is -2.18. The van der Waals surface area contributed by atoms with Crippen molar-refractivity contribution in [3.05, 3.63) is 32.5 Å². The van der Waals surface area contributed by atoms with Crippen LogP contribution in [-0.4, -0.2) is 28.9 Å². The highest BCUT2D eigenvalue weighted by molar-refractivity contribution is 9.10. The lowest BCUT2D eigenvalue weighted by atomic mass is 10.1. The fourth-order valence-corrected chi connectivity index (χ4v) is 4.00. The molecule has 1 heterocycles. The molecule has 0 bridgehead atoms. The molecule has 6 nitrogen and oxygen atoms in total. The molecule has 1 fully saturated rings. The van der Waals surface area contributed by atoms with Gasteiger partial charge < -0.3 is 14.5 Å². The van der Waals surface area contributed by atoms with Crippen molar-refractivity contribution in [2.75, 3.05) is 12.9 Å². The van der Waals surface area contributed by atoms with Crippen molar-refractivity contribution < 1.29 is 9.47 Å². The van der Waals surface area contributed by atoms with Gasteiger partial charge in [0.15, 0.2) is 16.7 Å². The van der Waals surface area contributed by atoms with Crippen molar-refractivity contribution in [3.8, 4) is 28.8 Å². The summed E-state index contributed by atoms with van der Waals surface area (Å²) in [5.41, 5.74) is 0.462. The summed E-state index contributed by atoms with van der Waals surface area (Å²) in [6.07, 6.45) is 6.43. The summed E-state index contributed by atoms with van der Waals surface area (Å²) in [7, 11) is 0. The Morgan fingerprint density at radius 2 is 2.11 bits per heavy atom. The number of nitrogens with zero attached hydrogens (tertiary/aromatic N) is 2. The van der Waals surface area contributed by atoms with Gasteiger partial charge in [-0.05, 0) is 66.9 Å². The van der Waals surface area contributed by atoms with Crippen LogP contribution in [0.4, 0.5) is 0 Å². The van der Waals surface area contributed by atoms with Crippen LogP contribution < -0.4 is 15.0 Å². The summed E-state index contributed by atoms with van der Waals surface area (Å²) in [6, 6.07) is 5.57. The number of thioether (sulfide) groups is 1. The number of H-pyrrole nitrogens is 1. The Morgan fingerprint density at radius 3 is 2.74 bits per heavy atom. The number of nitriles is 1. The van der Waals surface area contributed by atoms with E-state index in [-0.39, 0.29) is 11.7 Å². The number of benzene rings is 1. The standard InChI is InChI=1S/C19H20BrN3O3S/c1-3-25-15-8-12(14(20)9-16(15)26-11-6-4-5-7-11)17-13(10-21)18(24)23-19(22-17)27-2/h8-9,11H,3-7H2,1-2H3,(H,22,23,24). The third-order valence-electron chi connectivity index (χ3n) is 4.39. The van der Waals surface area contributed by atoms with E-state index < -0.39 is 5.56 Å². The van der Waals surface area contributed by atoms with E-state index in [9.17, 15) is 10.1 Å². The first-order valence-corrected chi connectivity index (χ1v) is 10.8. The van der Waals surface area contributed by atoms with Crippen LogP contribution in [0, 0.1) is 11.3 Å². The predicted octanol–water partition coefficient (Wildman–Crippen LogP) is 4.51. The van der Waals surface area contributed by atoms with Crippen molar-refractivity contribution in [2.45, 2.75) is 43.9 Å². The van der Waals surface area contributed by atoms with E-state index >= 15 is 0 Å². The minimum Gasteiger partial charge on any atom is -0.490 e. The first-order valence-electron chi connectivity index (χ1n) is 8.79. The summed E-state index contributed by atoms with van der Waals surface area (Å²) >= 11 is 4.86. The molecule has 1 aromatic carbocycles. The third-order valence-corrected chi connectivity index (χ3v) is 5.62. The van der Waals surface area contributed by atoms with Crippen molar-refractivity contribution in [3.63, 3.8) is 0 Å². The number of rotatable bonds is 6. The minimum atomic E-state index is -0.456. The first kappa shape index (κ1) is 19.8. The zero-order chi connectivity index (χ0) is 19.4. The summed E-state index contributed by atoms with van der Waals surface area (Å²) in [5.74, 6) is 1.24. The predicted molar refractivity (Wildman–Crippen MR) is 109 cm³/mol. The second-order valence-electron chi connectivity index (χ2n) is 6.15. The molecular weight excluding hydrogens is 430 g/mol. The Hall–Kier alpha value is -1.98. The minimum absolute atomic E-state index is 0.0274. The van der Waals surface area contributed by atoms with E-state index in [1.54, 1.807) is 6.07 Å². The van der Waals surface area contributed by atoms with E-state index in [2.05, 4.69) is 25.9 Å². The number of ether oxygens (including phenoxy) is 2. The maximum atomic E-state index is 12.2. The van der Waals surface area contributed by atoms with Crippen LogP contribution in [-0.2, 0) is 0 Å². The van der Waals surface area contributed by atoms with Gasteiger partial charge in [-0.1, -0.05) is 11.8 Å². The van der Waals surface area contributed by atoms with E-state index in [1.165, 1.54) is 24.6 Å². The molecule has 8 heteroatoms. The summed E-state index contributed by atoms with van der Waals surface area (Å²) < 4.78 is 12.6. The quantitative estimate of drug-likeness (QED) is 0.515. The number of hydrogen-bond donors (Lipinski definition) is 1. The molecule has 0 saturated heterocycles. The maximum absolute atomic E-state index is 12.2. The average Bonchev–Trinajstić information content (AvgIpc) is 3.16. The molecule has 142 valence electrons. The summed E-state index contributed by atoms with van der Waals surface area (Å²) in [5, 5.41) is 9.89. The maximum Gasteiger partial charge on any atom is 0.270 e. The normalized spacial score (nSPS) is 14.1. The highest BCUT2D eigenvalue weighted by Crippen LogP contribution is 2.40. The van der Waals surface area contributed by atoms with Crippen molar-refractivity contribution in [1.82, 2.24) is 9.97 Å². The Kier molecular flexibility index (Phi) is 6.45. The molecule has 27 heavy (non-hydrogen) atoms. The molecule has 0 spiro atoms. The van der Waals surface area contributed by atoms with Crippen LogP contribution in [0.3, 0.4) is 0 Å². The highest BCUT2D eigenvalue weighted by atomic mass is 79.9. The van der Waals surface area contributed by atoms with Gasteiger partial charge in [0.1, 0.15) is 11.6 Å². The summed E-state index contributed by atoms with van der Waals surface area (Å²) in [4.78, 5) is 19.3. The van der Waals surface area contributed by atoms with Gasteiger partial charge in [0.25, 0.3) is 5.56 Å². The Balaban J connectivity index is 2.11. The van der Waals surface area contributed by atoms with Crippen LogP contribution >= 0.6 is 27.7 Å². The number of nitrogens with one attached hydrogen (secondary N) is 1. The van der Waals surface area contributed by atoms with Gasteiger partial charge in [0, 0.05) is 10.0 Å². The van der Waals surface area contributed by atoms with Gasteiger partial charge in [0.2, 0.25) is 0 Å². The Morgan fingerprint density at radius 1 is 1.37 bits per heavy atom. The molecule has 0 amide bonds. The lowest BCUT2D eigenvalue weighted by molar-refractivity contribution is 0.196. The molecule has 0 radical (unpaired) electrons. The topological polar surface area (TPSA) is 88.0 Å². The summed E-state index contributed by atoms with van der Waals surface area (Å²) in [6.45, 7) is 2.38. The zero-order valence-corrected chi connectivity index (χ0v) is 17.6. The molecular formula is C19H20BrN3O3S. The fourth-order valence-electron chi connectivity index (χ4n) is 3.11. The highest BCUT2D eigenvalue weighted by Gasteiger charge is 2.22. The largest absolute Gasteiger partial charge is 0.490 e. The van der Waals surface area contributed by atoms with E-state index in [0.717, 1.165) is 12.8 Å². The van der Waals surface area contributed by atoms with Crippen LogP contribution in [0.5, 0.6) is 11.5 Å². The average molecular weight is 450 g/mol. The SMILES string of the molecule is CCOc1cc(-c2nc(SC)[nH]c(=O)c2C#N)c(Br)cc1OC1CCCC1. The Bertz CT molecular complexity index is 933. The number of aromatic amines is 1. The molecule has 1 aliphatic rings. The van der Waals surface area contributed by atoms with Crippen LogP contribution in [0.2, 0.25) is 0 Å². The number of halogens is 1. The molecule has 3 rings (SSSR count). The van der Waals surface area contributed by atoms with Crippen LogP contribution in [0.15, 0.2) is 26.6 Å². The van der Waals surface area contributed by atoms with Crippen molar-refractivity contribution in [2.24, 2.45) is 0 Å². The van der Waals surface area contributed by atoms with Gasteiger partial charge >= 0.3 is 0 Å². The monoisotopic (exact) mass is 449 g/mol. The first-order chi connectivity index (χ1) is 13.1. The smallest absolute Gasteiger partial charge is 0.270 e. The van der Waals surface area contributed by atoms with Gasteiger partial charge in [-0.3, -0.25) is 4.79 Å².